The number of hydrogen-bond acceptors (Lipinski definition) is 4. The van der Waals surface area contributed by atoms with Crippen LogP contribution in [0.3, 0.4) is 0 Å². The highest BCUT2D eigenvalue weighted by Gasteiger charge is 2.11. The fourth-order valence-electron chi connectivity index (χ4n) is 3.18. The molecule has 2 unspecified atom stereocenters. The molecule has 4 heteroatoms. The minimum atomic E-state index is -0.128. The highest BCUT2D eigenvalue weighted by atomic mass is 16.5. The summed E-state index contributed by atoms with van der Waals surface area (Å²) in [6.07, 6.45) is 8.85. The lowest BCUT2D eigenvalue weighted by molar-refractivity contribution is -0.149. The number of hydrogen-bond donors (Lipinski definition) is 0. The van der Waals surface area contributed by atoms with Crippen LogP contribution < -0.4 is 0 Å². The molecule has 0 heterocycles. The van der Waals surface area contributed by atoms with Gasteiger partial charge in [-0.1, -0.05) is 60.3 Å². The Labute approximate surface area is 167 Å². The molecule has 0 aromatic rings. The molecule has 4 nitrogen and oxygen atoms in total. The van der Waals surface area contributed by atoms with Gasteiger partial charge in [-0.3, -0.25) is 9.59 Å². The fourth-order valence-corrected chi connectivity index (χ4v) is 3.18. The van der Waals surface area contributed by atoms with Crippen LogP contribution in [0.1, 0.15) is 106 Å². The molecule has 0 aliphatic heterocycles. The van der Waals surface area contributed by atoms with Crippen LogP contribution in [0.4, 0.5) is 0 Å². The Kier molecular flexibility index (Phi) is 15.3. The van der Waals surface area contributed by atoms with Crippen LogP contribution in [0.15, 0.2) is 0 Å². The van der Waals surface area contributed by atoms with Crippen molar-refractivity contribution < 1.29 is 19.1 Å². The van der Waals surface area contributed by atoms with E-state index < -0.39 is 0 Å². The quantitative estimate of drug-likeness (QED) is 0.231. The van der Waals surface area contributed by atoms with Crippen LogP contribution in [0, 0.1) is 17.8 Å². The van der Waals surface area contributed by atoms with Crippen LogP contribution in [-0.2, 0) is 19.1 Å². The molecule has 2 atom stereocenters. The Morgan fingerprint density at radius 3 is 1.93 bits per heavy atom. The molecule has 0 aromatic carbocycles. The van der Waals surface area contributed by atoms with Crippen molar-refractivity contribution in [2.75, 3.05) is 6.61 Å². The van der Waals surface area contributed by atoms with Crippen LogP contribution in [-0.4, -0.2) is 24.6 Å². The van der Waals surface area contributed by atoms with Gasteiger partial charge in [-0.15, -0.1) is 0 Å². The summed E-state index contributed by atoms with van der Waals surface area (Å²) in [5.74, 6) is 1.66. The first-order valence-electron chi connectivity index (χ1n) is 11.1. The van der Waals surface area contributed by atoms with Gasteiger partial charge in [-0.05, 0) is 50.4 Å². The first kappa shape index (κ1) is 25.9. The van der Waals surface area contributed by atoms with Gasteiger partial charge >= 0.3 is 11.9 Å². The molecule has 0 saturated carbocycles. The van der Waals surface area contributed by atoms with Gasteiger partial charge in [-0.2, -0.15) is 0 Å². The van der Waals surface area contributed by atoms with E-state index in [1.165, 1.54) is 19.3 Å². The number of rotatable bonds is 16. The summed E-state index contributed by atoms with van der Waals surface area (Å²) in [5, 5.41) is 0. The van der Waals surface area contributed by atoms with Crippen molar-refractivity contribution in [3.8, 4) is 0 Å². The number of carbonyl (C=O) groups excluding carboxylic acids is 2. The second-order valence-corrected chi connectivity index (χ2v) is 8.93. The van der Waals surface area contributed by atoms with Gasteiger partial charge in [-0.25, -0.2) is 0 Å². The predicted molar refractivity (Wildman–Crippen MR) is 112 cm³/mol. The lowest BCUT2D eigenvalue weighted by atomic mass is 9.98. The summed E-state index contributed by atoms with van der Waals surface area (Å²) in [4.78, 5) is 23.5. The van der Waals surface area contributed by atoms with Crippen molar-refractivity contribution in [1.82, 2.24) is 0 Å². The smallest absolute Gasteiger partial charge is 0.306 e. The molecule has 0 radical (unpaired) electrons. The Morgan fingerprint density at radius 1 is 0.704 bits per heavy atom. The van der Waals surface area contributed by atoms with Gasteiger partial charge in [0.25, 0.3) is 0 Å². The minimum Gasteiger partial charge on any atom is -0.466 e. The van der Waals surface area contributed by atoms with Crippen LogP contribution in [0.5, 0.6) is 0 Å². The first-order valence-corrected chi connectivity index (χ1v) is 11.1. The van der Waals surface area contributed by atoms with E-state index in [1.54, 1.807) is 0 Å². The molecule has 0 aromatic heterocycles. The molecule has 27 heavy (non-hydrogen) atoms. The summed E-state index contributed by atoms with van der Waals surface area (Å²) in [5.41, 5.74) is 0. The summed E-state index contributed by atoms with van der Waals surface area (Å²) in [7, 11) is 0. The Morgan fingerprint density at radius 2 is 1.33 bits per heavy atom. The summed E-state index contributed by atoms with van der Waals surface area (Å²) in [6.45, 7) is 13.5. The number of unbranched alkanes of at least 4 members (excludes halogenated alkanes) is 2. The van der Waals surface area contributed by atoms with Gasteiger partial charge in [0.15, 0.2) is 0 Å². The topological polar surface area (TPSA) is 52.6 Å². The van der Waals surface area contributed by atoms with E-state index in [2.05, 4.69) is 34.6 Å². The zero-order valence-electron chi connectivity index (χ0n) is 18.7. The van der Waals surface area contributed by atoms with Crippen molar-refractivity contribution in [3.63, 3.8) is 0 Å². The molecule has 0 fully saturated rings. The summed E-state index contributed by atoms with van der Waals surface area (Å²) in [6, 6.07) is 0. The van der Waals surface area contributed by atoms with E-state index in [9.17, 15) is 9.59 Å². The van der Waals surface area contributed by atoms with E-state index in [0.29, 0.717) is 31.3 Å². The third-order valence-electron chi connectivity index (χ3n) is 4.75. The van der Waals surface area contributed by atoms with Gasteiger partial charge in [0.1, 0.15) is 0 Å². The molecule has 0 spiro atoms. The van der Waals surface area contributed by atoms with E-state index >= 15 is 0 Å². The van der Waals surface area contributed by atoms with Crippen molar-refractivity contribution >= 4 is 11.9 Å². The van der Waals surface area contributed by atoms with Gasteiger partial charge < -0.3 is 9.47 Å². The maximum absolute atomic E-state index is 11.8. The Hall–Kier alpha value is -1.06. The number of esters is 2. The monoisotopic (exact) mass is 384 g/mol. The zero-order valence-corrected chi connectivity index (χ0v) is 18.7. The molecule has 0 bridgehead atoms. The Bertz CT molecular complexity index is 390. The standard InChI is InChI=1S/C23H44O4/c1-18(2)11-10-12-20(5)15-16-26-22(24)13-8-7-9-14-23(25)27-21(6)17-19(3)4/h18-21H,7-17H2,1-6H3. The van der Waals surface area contributed by atoms with E-state index in [1.807, 2.05) is 6.92 Å². The van der Waals surface area contributed by atoms with E-state index in [-0.39, 0.29) is 18.0 Å². The minimum absolute atomic E-state index is 0.0137. The maximum Gasteiger partial charge on any atom is 0.306 e. The number of ether oxygens (including phenoxy) is 2. The molecule has 0 amide bonds. The zero-order chi connectivity index (χ0) is 20.7. The second kappa shape index (κ2) is 15.9. The molecule has 0 aliphatic rings. The lowest BCUT2D eigenvalue weighted by Gasteiger charge is -2.15. The van der Waals surface area contributed by atoms with Gasteiger partial charge in [0.05, 0.1) is 12.7 Å². The average molecular weight is 385 g/mol. The van der Waals surface area contributed by atoms with Crippen molar-refractivity contribution in [2.45, 2.75) is 112 Å². The first-order chi connectivity index (χ1) is 12.7. The van der Waals surface area contributed by atoms with Crippen molar-refractivity contribution in [3.05, 3.63) is 0 Å². The van der Waals surface area contributed by atoms with Crippen molar-refractivity contribution in [2.24, 2.45) is 17.8 Å². The molecule has 0 rings (SSSR count). The van der Waals surface area contributed by atoms with Crippen LogP contribution in [0.2, 0.25) is 0 Å². The molecular weight excluding hydrogens is 340 g/mol. The maximum atomic E-state index is 11.8. The molecule has 0 N–H and O–H groups in total. The van der Waals surface area contributed by atoms with E-state index in [0.717, 1.165) is 38.0 Å². The predicted octanol–water partition coefficient (Wildman–Crippen LogP) is 6.31. The third kappa shape index (κ3) is 18.1. The van der Waals surface area contributed by atoms with Crippen LogP contribution >= 0.6 is 0 Å². The normalized spacial score (nSPS) is 13.6. The van der Waals surface area contributed by atoms with Crippen molar-refractivity contribution in [1.29, 1.82) is 0 Å². The third-order valence-corrected chi connectivity index (χ3v) is 4.75. The Balaban J connectivity index is 3.57. The molecule has 0 saturated heterocycles. The lowest BCUT2D eigenvalue weighted by Crippen LogP contribution is -2.16. The van der Waals surface area contributed by atoms with E-state index in [4.69, 9.17) is 9.47 Å². The number of carbonyl (C=O) groups is 2. The average Bonchev–Trinajstić information content (AvgIpc) is 2.53. The van der Waals surface area contributed by atoms with Crippen LogP contribution in [0.25, 0.3) is 0 Å². The second-order valence-electron chi connectivity index (χ2n) is 8.93. The summed E-state index contributed by atoms with van der Waals surface area (Å²) >= 11 is 0. The highest BCUT2D eigenvalue weighted by Crippen LogP contribution is 2.15. The molecule has 160 valence electrons. The summed E-state index contributed by atoms with van der Waals surface area (Å²) < 4.78 is 10.7. The van der Waals surface area contributed by atoms with Gasteiger partial charge in [0, 0.05) is 12.8 Å². The molecule has 0 aliphatic carbocycles. The largest absolute Gasteiger partial charge is 0.466 e. The fraction of sp³-hybridized carbons (Fsp3) is 0.913. The SMILES string of the molecule is CC(C)CCCC(C)CCOC(=O)CCCCCC(=O)OC(C)CC(C)C. The highest BCUT2D eigenvalue weighted by molar-refractivity contribution is 5.70. The van der Waals surface area contributed by atoms with Gasteiger partial charge in [0.2, 0.25) is 0 Å². The molecular formula is C23H44O4.